The van der Waals surface area contributed by atoms with E-state index >= 15 is 0 Å². The van der Waals surface area contributed by atoms with E-state index in [-0.39, 0.29) is 5.69 Å². The van der Waals surface area contributed by atoms with Crippen molar-refractivity contribution in [2.45, 2.75) is 6.61 Å². The summed E-state index contributed by atoms with van der Waals surface area (Å²) in [5.41, 5.74) is 1.32. The fraction of sp³-hybridized carbons (Fsp3) is 0.300. The molecule has 0 N–H and O–H groups in total. The molecule has 16 heavy (non-hydrogen) atoms. The molecule has 0 aliphatic carbocycles. The lowest BCUT2D eigenvalue weighted by atomic mass is 10.2. The summed E-state index contributed by atoms with van der Waals surface area (Å²) >= 11 is 0. The van der Waals surface area contributed by atoms with E-state index in [1.54, 1.807) is 14.2 Å². The van der Waals surface area contributed by atoms with Crippen LogP contribution in [0.5, 0.6) is 0 Å². The molecule has 0 saturated carbocycles. The minimum absolute atomic E-state index is 0.274. The summed E-state index contributed by atoms with van der Waals surface area (Å²) < 4.78 is 7.51. The zero-order chi connectivity index (χ0) is 11.5. The third kappa shape index (κ3) is 1.74. The van der Waals surface area contributed by atoms with Crippen LogP contribution in [0.15, 0.2) is 29.1 Å². The maximum absolute atomic E-state index is 11.7. The molecule has 1 aromatic heterocycles. The SMILES string of the molecule is COCc1ccccc1-n1nnn(C)c1=O. The van der Waals surface area contributed by atoms with Crippen molar-refractivity contribution < 1.29 is 4.74 Å². The van der Waals surface area contributed by atoms with Gasteiger partial charge in [-0.1, -0.05) is 18.2 Å². The number of hydrogen-bond acceptors (Lipinski definition) is 4. The van der Waals surface area contributed by atoms with Crippen molar-refractivity contribution >= 4 is 0 Å². The van der Waals surface area contributed by atoms with Gasteiger partial charge in [0.15, 0.2) is 0 Å². The Morgan fingerprint density at radius 3 is 2.69 bits per heavy atom. The quantitative estimate of drug-likeness (QED) is 0.736. The normalized spacial score (nSPS) is 10.6. The van der Waals surface area contributed by atoms with Crippen LogP contribution in [-0.2, 0) is 18.4 Å². The summed E-state index contributed by atoms with van der Waals surface area (Å²) in [6.07, 6.45) is 0. The van der Waals surface area contributed by atoms with Crippen LogP contribution in [0.25, 0.3) is 5.69 Å². The molecule has 0 fully saturated rings. The first kappa shape index (κ1) is 10.6. The van der Waals surface area contributed by atoms with Gasteiger partial charge in [0.05, 0.1) is 12.3 Å². The van der Waals surface area contributed by atoms with Gasteiger partial charge < -0.3 is 4.74 Å². The molecule has 0 unspecified atom stereocenters. The summed E-state index contributed by atoms with van der Waals surface area (Å²) in [6, 6.07) is 7.43. The summed E-state index contributed by atoms with van der Waals surface area (Å²) in [7, 11) is 3.17. The van der Waals surface area contributed by atoms with Crippen molar-refractivity contribution in [1.82, 2.24) is 19.8 Å². The van der Waals surface area contributed by atoms with Crippen molar-refractivity contribution in [3.05, 3.63) is 40.3 Å². The molecule has 6 nitrogen and oxygen atoms in total. The number of hydrogen-bond donors (Lipinski definition) is 0. The molecule has 0 saturated heterocycles. The van der Waals surface area contributed by atoms with E-state index in [1.807, 2.05) is 24.3 Å². The Labute approximate surface area is 92.1 Å². The Hall–Kier alpha value is -1.95. The van der Waals surface area contributed by atoms with Gasteiger partial charge in [0.2, 0.25) is 0 Å². The highest BCUT2D eigenvalue weighted by molar-refractivity contribution is 5.39. The number of tetrazole rings is 1. The fourth-order valence-corrected chi connectivity index (χ4v) is 1.46. The number of rotatable bonds is 3. The Bertz CT molecular complexity index is 544. The Morgan fingerprint density at radius 2 is 2.06 bits per heavy atom. The van der Waals surface area contributed by atoms with Crippen LogP contribution < -0.4 is 5.69 Å². The number of aryl methyl sites for hydroxylation is 1. The van der Waals surface area contributed by atoms with E-state index < -0.39 is 0 Å². The molecule has 1 aromatic carbocycles. The fourth-order valence-electron chi connectivity index (χ4n) is 1.46. The van der Waals surface area contributed by atoms with Gasteiger partial charge in [0.1, 0.15) is 0 Å². The monoisotopic (exact) mass is 220 g/mol. The van der Waals surface area contributed by atoms with Crippen LogP contribution in [0.4, 0.5) is 0 Å². The molecule has 2 rings (SSSR count). The van der Waals surface area contributed by atoms with E-state index in [0.29, 0.717) is 12.3 Å². The summed E-state index contributed by atoms with van der Waals surface area (Å²) in [4.78, 5) is 11.7. The highest BCUT2D eigenvalue weighted by Crippen LogP contribution is 2.11. The molecule has 2 aromatic rings. The Morgan fingerprint density at radius 1 is 1.31 bits per heavy atom. The largest absolute Gasteiger partial charge is 0.380 e. The highest BCUT2D eigenvalue weighted by atomic mass is 16.5. The second kappa shape index (κ2) is 4.28. The number of benzene rings is 1. The second-order valence-corrected chi connectivity index (χ2v) is 3.36. The van der Waals surface area contributed by atoms with Gasteiger partial charge >= 0.3 is 5.69 Å². The first-order valence-corrected chi connectivity index (χ1v) is 4.80. The first-order chi connectivity index (χ1) is 7.74. The maximum Gasteiger partial charge on any atom is 0.368 e. The third-order valence-electron chi connectivity index (χ3n) is 2.24. The Balaban J connectivity index is 2.55. The van der Waals surface area contributed by atoms with Crippen molar-refractivity contribution in [1.29, 1.82) is 0 Å². The van der Waals surface area contributed by atoms with Crippen LogP contribution in [0, 0.1) is 0 Å². The van der Waals surface area contributed by atoms with Gasteiger partial charge in [0.25, 0.3) is 0 Å². The van der Waals surface area contributed by atoms with E-state index in [9.17, 15) is 4.79 Å². The van der Waals surface area contributed by atoms with Gasteiger partial charge in [-0.15, -0.1) is 0 Å². The Kier molecular flexibility index (Phi) is 2.82. The number of aromatic nitrogens is 4. The topological polar surface area (TPSA) is 61.9 Å². The third-order valence-corrected chi connectivity index (χ3v) is 2.24. The number of para-hydroxylation sites is 1. The van der Waals surface area contributed by atoms with Crippen LogP contribution >= 0.6 is 0 Å². The average Bonchev–Trinajstić information content (AvgIpc) is 2.61. The van der Waals surface area contributed by atoms with Crippen molar-refractivity contribution in [3.63, 3.8) is 0 Å². The van der Waals surface area contributed by atoms with E-state index in [1.165, 1.54) is 9.36 Å². The van der Waals surface area contributed by atoms with E-state index in [4.69, 9.17) is 4.74 Å². The number of ether oxygens (including phenoxy) is 1. The number of nitrogens with zero attached hydrogens (tertiary/aromatic N) is 4. The predicted octanol–water partition coefficient (Wildman–Crippen LogP) is 0.112. The van der Waals surface area contributed by atoms with Crippen molar-refractivity contribution in [2.24, 2.45) is 7.05 Å². The van der Waals surface area contributed by atoms with Crippen LogP contribution in [0.1, 0.15) is 5.56 Å². The van der Waals surface area contributed by atoms with Gasteiger partial charge in [0, 0.05) is 19.7 Å². The van der Waals surface area contributed by atoms with Gasteiger partial charge in [-0.2, -0.15) is 9.36 Å². The highest BCUT2D eigenvalue weighted by Gasteiger charge is 2.09. The lowest BCUT2D eigenvalue weighted by Crippen LogP contribution is -2.22. The molecule has 6 heteroatoms. The van der Waals surface area contributed by atoms with E-state index in [0.717, 1.165) is 5.56 Å². The van der Waals surface area contributed by atoms with Crippen LogP contribution in [-0.4, -0.2) is 26.9 Å². The van der Waals surface area contributed by atoms with Crippen LogP contribution in [0.3, 0.4) is 0 Å². The number of methoxy groups -OCH3 is 1. The molecule has 84 valence electrons. The minimum atomic E-state index is -0.274. The van der Waals surface area contributed by atoms with Crippen LogP contribution in [0.2, 0.25) is 0 Å². The molecule has 0 radical (unpaired) electrons. The van der Waals surface area contributed by atoms with Gasteiger partial charge in [-0.05, 0) is 16.5 Å². The molecule has 0 aliphatic heterocycles. The summed E-state index contributed by atoms with van der Waals surface area (Å²) in [5.74, 6) is 0. The van der Waals surface area contributed by atoms with Crippen molar-refractivity contribution in [3.8, 4) is 5.69 Å². The molecule has 1 heterocycles. The summed E-state index contributed by atoms with van der Waals surface area (Å²) in [6.45, 7) is 0.430. The van der Waals surface area contributed by atoms with Gasteiger partial charge in [-0.25, -0.2) is 4.79 Å². The van der Waals surface area contributed by atoms with E-state index in [2.05, 4.69) is 10.4 Å². The second-order valence-electron chi connectivity index (χ2n) is 3.36. The van der Waals surface area contributed by atoms with Crippen molar-refractivity contribution in [2.75, 3.05) is 7.11 Å². The predicted molar refractivity (Wildman–Crippen MR) is 57.3 cm³/mol. The smallest absolute Gasteiger partial charge is 0.368 e. The molecule has 0 amide bonds. The van der Waals surface area contributed by atoms with Gasteiger partial charge in [-0.3, -0.25) is 0 Å². The lowest BCUT2D eigenvalue weighted by molar-refractivity contribution is 0.184. The molecule has 0 bridgehead atoms. The standard InChI is InChI=1S/C10H12N4O2/c1-13-10(15)14(12-11-13)9-6-4-3-5-8(9)7-16-2/h3-6H,7H2,1-2H3. The first-order valence-electron chi connectivity index (χ1n) is 4.80. The molecule has 0 aliphatic rings. The molecular formula is C10H12N4O2. The molecular weight excluding hydrogens is 208 g/mol. The zero-order valence-electron chi connectivity index (χ0n) is 9.12. The molecule has 0 atom stereocenters. The maximum atomic E-state index is 11.7. The minimum Gasteiger partial charge on any atom is -0.380 e. The lowest BCUT2D eigenvalue weighted by Gasteiger charge is -2.05. The average molecular weight is 220 g/mol. The summed E-state index contributed by atoms with van der Waals surface area (Å²) in [5, 5.41) is 7.46. The molecule has 0 spiro atoms. The zero-order valence-corrected chi connectivity index (χ0v) is 9.12.